The molecule has 0 aromatic carbocycles. The Bertz CT molecular complexity index is 328. The minimum atomic E-state index is -0.288. The van der Waals surface area contributed by atoms with E-state index in [1.54, 1.807) is 13.1 Å². The van der Waals surface area contributed by atoms with E-state index in [0.29, 0.717) is 0 Å². The Morgan fingerprint density at radius 1 is 1.53 bits per heavy atom. The first-order chi connectivity index (χ1) is 6.99. The van der Waals surface area contributed by atoms with E-state index in [1.165, 1.54) is 0 Å². The topological polar surface area (TPSA) is 45.1 Å². The summed E-state index contributed by atoms with van der Waals surface area (Å²) in [5, 5.41) is 12.5. The summed E-state index contributed by atoms with van der Waals surface area (Å²) in [4.78, 5) is 4.25. The van der Waals surface area contributed by atoms with Crippen LogP contribution in [0.1, 0.15) is 25.8 Å². The average Bonchev–Trinajstić information content (AvgIpc) is 2.10. The zero-order chi connectivity index (χ0) is 11.4. The maximum Gasteiger partial charge on any atom is 0.126 e. The maximum absolute atomic E-state index is 9.23. The lowest BCUT2D eigenvalue weighted by molar-refractivity contribution is 0.179. The normalized spacial score (nSPS) is 14.7. The molecule has 1 aromatic heterocycles. The van der Waals surface area contributed by atoms with Crippen LogP contribution in [0.5, 0.6) is 0 Å². The SMILES string of the molecule is Cc1cc(NC(C)CC(C)O)ncc1Br. The first kappa shape index (κ1) is 12.5. The standard InChI is InChI=1S/C11H17BrN2O/c1-7-4-11(13-6-10(7)12)14-8(2)5-9(3)15/h4,6,8-9,15H,5H2,1-3H3,(H,13,14). The molecule has 0 fully saturated rings. The summed E-state index contributed by atoms with van der Waals surface area (Å²) < 4.78 is 1.01. The van der Waals surface area contributed by atoms with E-state index in [4.69, 9.17) is 0 Å². The molecule has 0 aliphatic carbocycles. The van der Waals surface area contributed by atoms with Crippen LogP contribution in [0.15, 0.2) is 16.7 Å². The van der Waals surface area contributed by atoms with Crippen LogP contribution in [0.4, 0.5) is 5.82 Å². The second kappa shape index (κ2) is 5.47. The second-order valence-electron chi connectivity index (χ2n) is 3.95. The molecular formula is C11H17BrN2O. The molecule has 1 aromatic rings. The van der Waals surface area contributed by atoms with Gasteiger partial charge in [-0.2, -0.15) is 0 Å². The molecule has 2 unspecified atom stereocenters. The van der Waals surface area contributed by atoms with Crippen LogP contribution in [-0.4, -0.2) is 22.2 Å². The minimum absolute atomic E-state index is 0.220. The number of pyridine rings is 1. The van der Waals surface area contributed by atoms with Gasteiger partial charge in [0.25, 0.3) is 0 Å². The van der Waals surface area contributed by atoms with Crippen molar-refractivity contribution >= 4 is 21.7 Å². The molecule has 1 heterocycles. The molecule has 84 valence electrons. The fraction of sp³-hybridized carbons (Fsp3) is 0.545. The fourth-order valence-corrected chi connectivity index (χ4v) is 1.66. The van der Waals surface area contributed by atoms with E-state index in [1.807, 2.05) is 19.9 Å². The predicted molar refractivity (Wildman–Crippen MR) is 66.1 cm³/mol. The molecule has 0 saturated heterocycles. The van der Waals surface area contributed by atoms with Gasteiger partial charge in [0.15, 0.2) is 0 Å². The number of nitrogens with one attached hydrogen (secondary N) is 1. The van der Waals surface area contributed by atoms with E-state index in [9.17, 15) is 5.11 Å². The molecule has 0 amide bonds. The molecule has 2 atom stereocenters. The van der Waals surface area contributed by atoms with Crippen molar-refractivity contribution < 1.29 is 5.11 Å². The smallest absolute Gasteiger partial charge is 0.126 e. The van der Waals surface area contributed by atoms with Gasteiger partial charge in [0.1, 0.15) is 5.82 Å². The van der Waals surface area contributed by atoms with Gasteiger partial charge in [-0.05, 0) is 54.8 Å². The van der Waals surface area contributed by atoms with Gasteiger partial charge in [-0.15, -0.1) is 0 Å². The monoisotopic (exact) mass is 272 g/mol. The summed E-state index contributed by atoms with van der Waals surface area (Å²) in [5.41, 5.74) is 1.15. The zero-order valence-electron chi connectivity index (χ0n) is 9.29. The number of hydrogen-bond acceptors (Lipinski definition) is 3. The number of nitrogens with zero attached hydrogens (tertiary/aromatic N) is 1. The Balaban J connectivity index is 2.60. The van der Waals surface area contributed by atoms with Crippen molar-refractivity contribution in [2.45, 2.75) is 39.3 Å². The molecule has 1 rings (SSSR count). The van der Waals surface area contributed by atoms with E-state index in [-0.39, 0.29) is 12.1 Å². The van der Waals surface area contributed by atoms with Crippen LogP contribution < -0.4 is 5.32 Å². The number of aryl methyl sites for hydroxylation is 1. The Kier molecular flexibility index (Phi) is 4.54. The van der Waals surface area contributed by atoms with Gasteiger partial charge in [0.05, 0.1) is 6.10 Å². The van der Waals surface area contributed by atoms with E-state index < -0.39 is 0 Å². The highest BCUT2D eigenvalue weighted by molar-refractivity contribution is 9.10. The first-order valence-corrected chi connectivity index (χ1v) is 5.85. The molecule has 0 aliphatic heterocycles. The molecular weight excluding hydrogens is 256 g/mol. The van der Waals surface area contributed by atoms with Crippen LogP contribution in [-0.2, 0) is 0 Å². The highest BCUT2D eigenvalue weighted by Crippen LogP contribution is 2.18. The van der Waals surface area contributed by atoms with Crippen molar-refractivity contribution in [3.05, 3.63) is 22.3 Å². The van der Waals surface area contributed by atoms with Crippen molar-refractivity contribution in [3.63, 3.8) is 0 Å². The molecule has 0 saturated carbocycles. The summed E-state index contributed by atoms with van der Waals surface area (Å²) in [5.74, 6) is 0.851. The van der Waals surface area contributed by atoms with Crippen LogP contribution >= 0.6 is 15.9 Å². The number of aliphatic hydroxyl groups is 1. The van der Waals surface area contributed by atoms with Crippen LogP contribution in [0.25, 0.3) is 0 Å². The fourth-order valence-electron chi connectivity index (χ4n) is 1.44. The minimum Gasteiger partial charge on any atom is -0.393 e. The number of hydrogen-bond donors (Lipinski definition) is 2. The maximum atomic E-state index is 9.23. The van der Waals surface area contributed by atoms with Crippen molar-refractivity contribution in [3.8, 4) is 0 Å². The number of anilines is 1. The third-order valence-corrected chi connectivity index (χ3v) is 2.97. The number of aromatic nitrogens is 1. The van der Waals surface area contributed by atoms with Crippen LogP contribution in [0.2, 0.25) is 0 Å². The first-order valence-electron chi connectivity index (χ1n) is 5.05. The van der Waals surface area contributed by atoms with Crippen LogP contribution in [0, 0.1) is 6.92 Å². The average molecular weight is 273 g/mol. The van der Waals surface area contributed by atoms with Gasteiger partial charge in [0, 0.05) is 16.7 Å². The largest absolute Gasteiger partial charge is 0.393 e. The lowest BCUT2D eigenvalue weighted by atomic mass is 10.1. The van der Waals surface area contributed by atoms with Crippen molar-refractivity contribution in [2.75, 3.05) is 5.32 Å². The molecule has 0 spiro atoms. The quantitative estimate of drug-likeness (QED) is 0.886. The van der Waals surface area contributed by atoms with Crippen LogP contribution in [0.3, 0.4) is 0 Å². The van der Waals surface area contributed by atoms with Gasteiger partial charge < -0.3 is 10.4 Å². The molecule has 0 radical (unpaired) electrons. The van der Waals surface area contributed by atoms with E-state index in [2.05, 4.69) is 26.2 Å². The number of halogens is 1. The van der Waals surface area contributed by atoms with Crippen molar-refractivity contribution in [1.29, 1.82) is 0 Å². The predicted octanol–water partition coefficient (Wildman–Crippen LogP) is 2.72. The Hall–Kier alpha value is -0.610. The van der Waals surface area contributed by atoms with Gasteiger partial charge in [0.2, 0.25) is 0 Å². The number of aliphatic hydroxyl groups excluding tert-OH is 1. The lowest BCUT2D eigenvalue weighted by Gasteiger charge is -2.16. The second-order valence-corrected chi connectivity index (χ2v) is 4.80. The van der Waals surface area contributed by atoms with E-state index >= 15 is 0 Å². The van der Waals surface area contributed by atoms with Gasteiger partial charge in [-0.25, -0.2) is 4.98 Å². The highest BCUT2D eigenvalue weighted by Gasteiger charge is 2.07. The molecule has 0 bridgehead atoms. The lowest BCUT2D eigenvalue weighted by Crippen LogP contribution is -2.21. The van der Waals surface area contributed by atoms with Gasteiger partial charge in [-0.3, -0.25) is 0 Å². The summed E-state index contributed by atoms with van der Waals surface area (Å²) in [6.45, 7) is 5.85. The Morgan fingerprint density at radius 3 is 2.73 bits per heavy atom. The van der Waals surface area contributed by atoms with E-state index in [0.717, 1.165) is 22.3 Å². The molecule has 15 heavy (non-hydrogen) atoms. The number of rotatable bonds is 4. The summed E-state index contributed by atoms with van der Waals surface area (Å²) in [7, 11) is 0. The zero-order valence-corrected chi connectivity index (χ0v) is 10.9. The molecule has 2 N–H and O–H groups in total. The summed E-state index contributed by atoms with van der Waals surface area (Å²) in [6, 6.07) is 2.21. The Labute approximate surface area is 99.1 Å². The third kappa shape index (κ3) is 4.18. The highest BCUT2D eigenvalue weighted by atomic mass is 79.9. The molecule has 3 nitrogen and oxygen atoms in total. The van der Waals surface area contributed by atoms with Gasteiger partial charge in [-0.1, -0.05) is 0 Å². The van der Waals surface area contributed by atoms with Crippen molar-refractivity contribution in [2.24, 2.45) is 0 Å². The molecule has 4 heteroatoms. The third-order valence-electron chi connectivity index (χ3n) is 2.14. The van der Waals surface area contributed by atoms with Gasteiger partial charge >= 0.3 is 0 Å². The summed E-state index contributed by atoms with van der Waals surface area (Å²) in [6.07, 6.45) is 2.22. The van der Waals surface area contributed by atoms with Crippen molar-refractivity contribution in [1.82, 2.24) is 4.98 Å². The Morgan fingerprint density at radius 2 is 2.20 bits per heavy atom. The molecule has 0 aliphatic rings. The summed E-state index contributed by atoms with van der Waals surface area (Å²) >= 11 is 3.41.